The average Bonchev–Trinajstić information content (AvgIpc) is 2.60. The smallest absolute Gasteiger partial charge is 0.350 e. The van der Waals surface area contributed by atoms with Gasteiger partial charge in [-0.05, 0) is 35.0 Å². The molecule has 0 aromatic carbocycles. The Morgan fingerprint density at radius 3 is 1.95 bits per heavy atom. The first-order valence-corrected chi connectivity index (χ1v) is 6.83. The van der Waals surface area contributed by atoms with Crippen LogP contribution in [0, 0.1) is 0 Å². The van der Waals surface area contributed by atoms with Gasteiger partial charge >= 0.3 is 12.4 Å². The predicted octanol–water partition coefficient (Wildman–Crippen LogP) is 4.41. The highest BCUT2D eigenvalue weighted by Crippen LogP contribution is 2.40. The van der Waals surface area contributed by atoms with E-state index >= 15 is 0 Å². The lowest BCUT2D eigenvalue weighted by Crippen LogP contribution is -2.46. The maximum Gasteiger partial charge on any atom is 0.423 e. The molecule has 0 spiro atoms. The Morgan fingerprint density at radius 1 is 1.15 bits per heavy atom. The van der Waals surface area contributed by atoms with Crippen LogP contribution in [-0.2, 0) is 4.74 Å². The number of halogens is 7. The first kappa shape index (κ1) is 17.7. The number of rotatable bonds is 4. The van der Waals surface area contributed by atoms with Crippen molar-refractivity contribution in [2.45, 2.75) is 37.5 Å². The van der Waals surface area contributed by atoms with E-state index in [2.05, 4.69) is 20.7 Å². The highest BCUT2D eigenvalue weighted by atomic mass is 79.9. The zero-order valence-corrected chi connectivity index (χ0v) is 12.3. The molecular weight excluding hydrogens is 376 g/mol. The normalized spacial score (nSPS) is 16.5. The van der Waals surface area contributed by atoms with Crippen LogP contribution in [0.25, 0.3) is 0 Å². The van der Waals surface area contributed by atoms with Crippen LogP contribution in [0.4, 0.5) is 26.3 Å². The van der Waals surface area contributed by atoms with Crippen LogP contribution >= 0.6 is 27.3 Å². The molecule has 0 amide bonds. The summed E-state index contributed by atoms with van der Waals surface area (Å²) in [5.74, 6) is 0. The van der Waals surface area contributed by atoms with E-state index in [1.807, 2.05) is 0 Å². The van der Waals surface area contributed by atoms with E-state index in [0.717, 1.165) is 11.3 Å². The summed E-state index contributed by atoms with van der Waals surface area (Å²) in [6.07, 6.45) is -16.5. The summed E-state index contributed by atoms with van der Waals surface area (Å²) in [5, 5.41) is 0. The highest BCUT2D eigenvalue weighted by molar-refractivity contribution is 9.11. The van der Waals surface area contributed by atoms with Crippen LogP contribution < -0.4 is 5.73 Å². The van der Waals surface area contributed by atoms with Gasteiger partial charge in [-0.3, -0.25) is 0 Å². The van der Waals surface area contributed by atoms with E-state index in [-0.39, 0.29) is 4.88 Å². The highest BCUT2D eigenvalue weighted by Gasteiger charge is 2.59. The molecule has 2 unspecified atom stereocenters. The summed E-state index contributed by atoms with van der Waals surface area (Å²) in [5.41, 5.74) is 5.44. The molecule has 10 heteroatoms. The third kappa shape index (κ3) is 4.61. The van der Waals surface area contributed by atoms with Crippen LogP contribution in [-0.4, -0.2) is 24.5 Å². The summed E-state index contributed by atoms with van der Waals surface area (Å²) in [6, 6.07) is 1.83. The molecule has 2 nitrogen and oxygen atoms in total. The number of hydrogen-bond donors (Lipinski definition) is 1. The van der Waals surface area contributed by atoms with Gasteiger partial charge in [-0.25, -0.2) is 0 Å². The van der Waals surface area contributed by atoms with Crippen LogP contribution in [0.3, 0.4) is 0 Å². The van der Waals surface area contributed by atoms with E-state index in [9.17, 15) is 26.3 Å². The summed E-state index contributed by atoms with van der Waals surface area (Å²) in [4.78, 5) is 0.186. The molecule has 0 fully saturated rings. The van der Waals surface area contributed by atoms with E-state index in [1.165, 1.54) is 19.1 Å². The zero-order valence-electron chi connectivity index (χ0n) is 9.93. The van der Waals surface area contributed by atoms with Gasteiger partial charge in [0.2, 0.25) is 6.10 Å². The minimum absolute atomic E-state index is 0.186. The van der Waals surface area contributed by atoms with E-state index in [1.54, 1.807) is 0 Å². The molecule has 0 bridgehead atoms. The van der Waals surface area contributed by atoms with Gasteiger partial charge in [0.1, 0.15) is 6.10 Å². The van der Waals surface area contributed by atoms with Crippen molar-refractivity contribution in [1.29, 1.82) is 0 Å². The number of hydrogen-bond acceptors (Lipinski definition) is 3. The number of ether oxygens (including phenoxy) is 1. The number of nitrogens with two attached hydrogens (primary N) is 1. The molecule has 2 atom stereocenters. The molecule has 0 saturated heterocycles. The summed E-state index contributed by atoms with van der Waals surface area (Å²) in [6.45, 7) is 1.28. The fourth-order valence-electron chi connectivity index (χ4n) is 1.42. The molecule has 20 heavy (non-hydrogen) atoms. The number of thiophene rings is 1. The summed E-state index contributed by atoms with van der Waals surface area (Å²) < 4.78 is 79.6. The second-order valence-electron chi connectivity index (χ2n) is 4.02. The Labute approximate surface area is 123 Å². The maximum absolute atomic E-state index is 12.5. The van der Waals surface area contributed by atoms with Crippen molar-refractivity contribution < 1.29 is 31.1 Å². The monoisotopic (exact) mass is 385 g/mol. The largest absolute Gasteiger partial charge is 0.423 e. The molecular formula is C10H10BrF6NOS. The minimum atomic E-state index is -5.56. The Bertz CT molecular complexity index is 430. The fourth-order valence-corrected chi connectivity index (χ4v) is 2.99. The predicted molar refractivity (Wildman–Crippen MR) is 65.4 cm³/mol. The van der Waals surface area contributed by atoms with Crippen molar-refractivity contribution in [2.75, 3.05) is 0 Å². The molecule has 0 saturated carbocycles. The second-order valence-corrected chi connectivity index (χ2v) is 6.52. The molecule has 1 aromatic heterocycles. The van der Waals surface area contributed by atoms with Crippen molar-refractivity contribution in [1.82, 2.24) is 0 Å². The maximum atomic E-state index is 12.5. The third-order valence-electron chi connectivity index (χ3n) is 2.23. The second kappa shape index (κ2) is 6.20. The van der Waals surface area contributed by atoms with Gasteiger partial charge in [0.25, 0.3) is 0 Å². The Morgan fingerprint density at radius 2 is 1.65 bits per heavy atom. The summed E-state index contributed by atoms with van der Waals surface area (Å²) in [7, 11) is 0. The van der Waals surface area contributed by atoms with Crippen LogP contribution in [0.2, 0.25) is 0 Å². The molecule has 1 rings (SSSR count). The first-order chi connectivity index (χ1) is 8.93. The average molecular weight is 386 g/mol. The van der Waals surface area contributed by atoms with Gasteiger partial charge in [-0.15, -0.1) is 11.3 Å². The van der Waals surface area contributed by atoms with Crippen molar-refractivity contribution in [2.24, 2.45) is 5.73 Å². The standard InChI is InChI=1S/C10H10BrF6NOS/c1-4(18)7(5-2-3-6(11)20-5)19-8(9(12,13)14)10(15,16)17/h2-4,7-8H,18H2,1H3. The molecule has 0 aliphatic heterocycles. The van der Waals surface area contributed by atoms with Gasteiger partial charge < -0.3 is 10.5 Å². The summed E-state index contributed by atoms with van der Waals surface area (Å²) >= 11 is 4.04. The number of alkyl halides is 6. The first-order valence-electron chi connectivity index (χ1n) is 5.22. The van der Waals surface area contributed by atoms with Crippen molar-refractivity contribution >= 4 is 27.3 Å². The van der Waals surface area contributed by atoms with Crippen LogP contribution in [0.15, 0.2) is 15.9 Å². The fraction of sp³-hybridized carbons (Fsp3) is 0.600. The van der Waals surface area contributed by atoms with E-state index < -0.39 is 30.6 Å². The molecule has 0 aliphatic carbocycles. The SMILES string of the molecule is CC(N)C(OC(C(F)(F)F)C(F)(F)F)c1ccc(Br)s1. The van der Waals surface area contributed by atoms with Crippen molar-refractivity contribution in [3.63, 3.8) is 0 Å². The molecule has 1 heterocycles. The Hall–Kier alpha value is -0.320. The Balaban J connectivity index is 3.05. The topological polar surface area (TPSA) is 35.2 Å². The molecule has 2 N–H and O–H groups in total. The lowest BCUT2D eigenvalue weighted by atomic mass is 10.1. The minimum Gasteiger partial charge on any atom is -0.350 e. The molecule has 0 radical (unpaired) electrons. The zero-order chi connectivity index (χ0) is 15.7. The van der Waals surface area contributed by atoms with Gasteiger partial charge in [-0.1, -0.05) is 0 Å². The quantitative estimate of drug-likeness (QED) is 0.779. The van der Waals surface area contributed by atoms with Gasteiger partial charge in [0, 0.05) is 10.9 Å². The molecule has 0 aliphatic rings. The Kier molecular flexibility index (Phi) is 5.50. The van der Waals surface area contributed by atoms with Crippen molar-refractivity contribution in [3.8, 4) is 0 Å². The van der Waals surface area contributed by atoms with E-state index in [0.29, 0.717) is 3.79 Å². The van der Waals surface area contributed by atoms with Crippen LogP contribution in [0.5, 0.6) is 0 Å². The lowest BCUT2D eigenvalue weighted by Gasteiger charge is -2.29. The lowest BCUT2D eigenvalue weighted by molar-refractivity contribution is -0.332. The molecule has 1 aromatic rings. The van der Waals surface area contributed by atoms with Crippen LogP contribution in [0.1, 0.15) is 17.9 Å². The molecule has 116 valence electrons. The van der Waals surface area contributed by atoms with Gasteiger partial charge in [0.05, 0.1) is 3.79 Å². The van der Waals surface area contributed by atoms with Gasteiger partial charge in [-0.2, -0.15) is 26.3 Å². The van der Waals surface area contributed by atoms with Gasteiger partial charge in [0.15, 0.2) is 0 Å². The third-order valence-corrected chi connectivity index (χ3v) is 3.91. The van der Waals surface area contributed by atoms with Crippen molar-refractivity contribution in [3.05, 3.63) is 20.8 Å². The van der Waals surface area contributed by atoms with E-state index in [4.69, 9.17) is 5.73 Å².